The Bertz CT molecular complexity index is 497. The summed E-state index contributed by atoms with van der Waals surface area (Å²) >= 11 is -2.27. The molecular weight excluding hydrogens is 461 g/mol. The van der Waals surface area contributed by atoms with Crippen LogP contribution >= 0.6 is 0 Å². The van der Waals surface area contributed by atoms with Crippen LogP contribution < -0.4 is 0 Å². The van der Waals surface area contributed by atoms with Crippen LogP contribution in [0.2, 0.25) is 13.3 Å². The minimum absolute atomic E-state index is 0.363. The monoisotopic (exact) mass is 509 g/mol. The summed E-state index contributed by atoms with van der Waals surface area (Å²) in [4.78, 5) is 2.80. The molecule has 166 valence electrons. The van der Waals surface area contributed by atoms with E-state index in [2.05, 4.69) is 68.7 Å². The first-order valence-corrected chi connectivity index (χ1v) is 20.1. The SMILES string of the molecule is C=CCCN([CH2][Sn]([CH2]CCC)([CH2]CCC)[CH2]CCC)C(COC)c1ccccc1. The first kappa shape index (κ1) is 26.7. The molecule has 0 saturated heterocycles. The standard InChI is InChI=1S/C14H20NO.3C4H9.Sn/c1-4-5-11-15(2)14(12-16-3)13-9-7-6-8-10-13;3*1-3-4-2;/h4,6-10,14H,1-2,5,11-12H2,3H3;3*1,3-4H2,2H3;. The summed E-state index contributed by atoms with van der Waals surface area (Å²) in [6, 6.07) is 11.4. The Morgan fingerprint density at radius 2 is 1.52 bits per heavy atom. The molecule has 0 aliphatic rings. The molecule has 0 aliphatic carbocycles. The summed E-state index contributed by atoms with van der Waals surface area (Å²) in [5.41, 5.74) is 1.40. The van der Waals surface area contributed by atoms with Gasteiger partial charge in [-0.2, -0.15) is 0 Å². The number of ether oxygens (including phenoxy) is 1. The molecule has 1 aromatic rings. The molecule has 29 heavy (non-hydrogen) atoms. The minimum atomic E-state index is -2.27. The second kappa shape index (κ2) is 16.4. The Kier molecular flexibility index (Phi) is 15.1. The van der Waals surface area contributed by atoms with Crippen molar-refractivity contribution in [2.75, 3.05) is 24.8 Å². The van der Waals surface area contributed by atoms with E-state index in [9.17, 15) is 0 Å². The number of hydrogen-bond acceptors (Lipinski definition) is 2. The Balaban J connectivity index is 3.20. The van der Waals surface area contributed by atoms with Crippen molar-refractivity contribution in [3.05, 3.63) is 48.6 Å². The molecule has 1 aromatic carbocycles. The number of rotatable bonds is 18. The van der Waals surface area contributed by atoms with Crippen molar-refractivity contribution in [3.63, 3.8) is 0 Å². The third-order valence-corrected chi connectivity index (χ3v) is 21.5. The zero-order chi connectivity index (χ0) is 21.4. The van der Waals surface area contributed by atoms with Gasteiger partial charge in [0.2, 0.25) is 0 Å². The van der Waals surface area contributed by atoms with Crippen LogP contribution in [0.25, 0.3) is 0 Å². The van der Waals surface area contributed by atoms with Gasteiger partial charge in [0.05, 0.1) is 0 Å². The van der Waals surface area contributed by atoms with Crippen molar-refractivity contribution in [1.82, 2.24) is 4.90 Å². The van der Waals surface area contributed by atoms with Gasteiger partial charge in [0.15, 0.2) is 0 Å². The quantitative estimate of drug-likeness (QED) is 0.149. The predicted octanol–water partition coefficient (Wildman–Crippen LogP) is 7.64. The van der Waals surface area contributed by atoms with Crippen LogP contribution in [0.1, 0.15) is 77.3 Å². The molecule has 0 bridgehead atoms. The van der Waals surface area contributed by atoms with Gasteiger partial charge in [0.25, 0.3) is 0 Å². The number of nitrogens with zero attached hydrogens (tertiary/aromatic N) is 1. The van der Waals surface area contributed by atoms with Gasteiger partial charge in [0.1, 0.15) is 0 Å². The van der Waals surface area contributed by atoms with Crippen LogP contribution in [0.4, 0.5) is 0 Å². The maximum absolute atomic E-state index is 5.73. The topological polar surface area (TPSA) is 12.5 Å². The van der Waals surface area contributed by atoms with Gasteiger partial charge in [-0.05, 0) is 0 Å². The molecule has 1 atom stereocenters. The van der Waals surface area contributed by atoms with Crippen LogP contribution in [0, 0.1) is 0 Å². The van der Waals surface area contributed by atoms with Crippen molar-refractivity contribution < 1.29 is 4.74 Å². The fourth-order valence-corrected chi connectivity index (χ4v) is 21.0. The van der Waals surface area contributed by atoms with Crippen molar-refractivity contribution in [2.24, 2.45) is 0 Å². The second-order valence-corrected chi connectivity index (χ2v) is 22.5. The van der Waals surface area contributed by atoms with E-state index in [1.54, 1.807) is 13.3 Å². The predicted molar refractivity (Wildman–Crippen MR) is 132 cm³/mol. The molecule has 0 aliphatic heterocycles. The van der Waals surface area contributed by atoms with E-state index in [0.29, 0.717) is 6.04 Å². The normalized spacial score (nSPS) is 13.0. The van der Waals surface area contributed by atoms with Gasteiger partial charge in [-0.25, -0.2) is 0 Å². The van der Waals surface area contributed by atoms with E-state index in [-0.39, 0.29) is 0 Å². The molecule has 0 amide bonds. The van der Waals surface area contributed by atoms with Gasteiger partial charge in [-0.1, -0.05) is 0 Å². The summed E-state index contributed by atoms with van der Waals surface area (Å²) in [7, 11) is 1.85. The third-order valence-electron chi connectivity index (χ3n) is 6.29. The van der Waals surface area contributed by atoms with Crippen LogP contribution in [0.5, 0.6) is 0 Å². The molecule has 0 saturated carbocycles. The van der Waals surface area contributed by atoms with E-state index < -0.39 is 18.4 Å². The Hall–Kier alpha value is -0.321. The maximum atomic E-state index is 5.73. The van der Waals surface area contributed by atoms with E-state index >= 15 is 0 Å². The molecule has 2 nitrogen and oxygen atoms in total. The Morgan fingerprint density at radius 1 is 0.966 bits per heavy atom. The van der Waals surface area contributed by atoms with E-state index in [0.717, 1.165) is 19.6 Å². The van der Waals surface area contributed by atoms with Crippen molar-refractivity contribution in [3.8, 4) is 0 Å². The summed E-state index contributed by atoms with van der Waals surface area (Å²) in [5, 5.41) is 0. The number of hydrogen-bond donors (Lipinski definition) is 0. The van der Waals surface area contributed by atoms with Gasteiger partial charge in [-0.15, -0.1) is 0 Å². The summed E-state index contributed by atoms with van der Waals surface area (Å²) in [5.74, 6) is 0. The zero-order valence-corrected chi connectivity index (χ0v) is 22.7. The molecule has 3 heteroatoms. The fraction of sp³-hybridized carbons (Fsp3) is 0.692. The van der Waals surface area contributed by atoms with Crippen LogP contribution in [0.15, 0.2) is 43.0 Å². The fourth-order valence-electron chi connectivity index (χ4n) is 4.55. The molecular formula is C26H47NOSn. The number of unbranched alkanes of at least 4 members (excludes halogenated alkanes) is 3. The number of benzene rings is 1. The summed E-state index contributed by atoms with van der Waals surface area (Å²) in [6.07, 6.45) is 11.4. The van der Waals surface area contributed by atoms with Crippen LogP contribution in [0.3, 0.4) is 0 Å². The molecule has 1 unspecified atom stereocenters. The van der Waals surface area contributed by atoms with Crippen molar-refractivity contribution in [1.29, 1.82) is 0 Å². The average molecular weight is 508 g/mol. The average Bonchev–Trinajstić information content (AvgIpc) is 2.76. The van der Waals surface area contributed by atoms with Gasteiger partial charge >= 0.3 is 186 Å². The van der Waals surface area contributed by atoms with Crippen LogP contribution in [-0.2, 0) is 4.74 Å². The van der Waals surface area contributed by atoms with Gasteiger partial charge in [0, 0.05) is 0 Å². The third kappa shape index (κ3) is 10.0. The van der Waals surface area contributed by atoms with E-state index in [1.165, 1.54) is 48.6 Å². The zero-order valence-electron chi connectivity index (χ0n) is 19.8. The van der Waals surface area contributed by atoms with Crippen molar-refractivity contribution >= 4 is 18.4 Å². The molecule has 0 fully saturated rings. The molecule has 0 aromatic heterocycles. The van der Waals surface area contributed by atoms with Crippen molar-refractivity contribution in [2.45, 2.75) is 85.1 Å². The molecule has 1 rings (SSSR count). The first-order chi connectivity index (χ1) is 14.2. The Morgan fingerprint density at radius 3 is 1.97 bits per heavy atom. The van der Waals surface area contributed by atoms with Gasteiger partial charge in [-0.3, -0.25) is 0 Å². The van der Waals surface area contributed by atoms with E-state index in [1.807, 2.05) is 7.11 Å². The molecule has 0 spiro atoms. The Labute approximate surface area is 186 Å². The first-order valence-electron chi connectivity index (χ1n) is 12.0. The molecule has 0 heterocycles. The second-order valence-electron chi connectivity index (χ2n) is 8.74. The van der Waals surface area contributed by atoms with Gasteiger partial charge < -0.3 is 0 Å². The molecule has 0 N–H and O–H groups in total. The molecule has 0 radical (unpaired) electrons. The summed E-state index contributed by atoms with van der Waals surface area (Å²) < 4.78 is 11.8. The summed E-state index contributed by atoms with van der Waals surface area (Å²) in [6.45, 7) is 13.0. The van der Waals surface area contributed by atoms with Crippen LogP contribution in [-0.4, -0.2) is 48.1 Å². The number of methoxy groups -OCH3 is 1. The van der Waals surface area contributed by atoms with E-state index in [4.69, 9.17) is 4.74 Å².